The molecule has 0 bridgehead atoms. The molecule has 2 aromatic carbocycles. The van der Waals surface area contributed by atoms with Gasteiger partial charge in [0.2, 0.25) is 5.91 Å². The van der Waals surface area contributed by atoms with E-state index < -0.39 is 33.5 Å². The number of rotatable bonds is 8. The lowest BCUT2D eigenvalue weighted by Gasteiger charge is -2.33. The largest absolute Gasteiger partial charge is 0.755 e. The van der Waals surface area contributed by atoms with Crippen molar-refractivity contribution in [2.75, 3.05) is 16.1 Å². The van der Waals surface area contributed by atoms with Gasteiger partial charge in [0.05, 0.1) is 5.69 Å². The Balaban J connectivity index is 2.33. The molecule has 152 valence electrons. The molecule has 0 aliphatic rings. The van der Waals surface area contributed by atoms with Crippen LogP contribution in [0.3, 0.4) is 0 Å². The van der Waals surface area contributed by atoms with Gasteiger partial charge < -0.3 is 9.87 Å². The molecule has 2 unspecified atom stereocenters. The van der Waals surface area contributed by atoms with Crippen LogP contribution >= 0.6 is 0 Å². The van der Waals surface area contributed by atoms with Crippen molar-refractivity contribution in [3.63, 3.8) is 0 Å². The van der Waals surface area contributed by atoms with Gasteiger partial charge in [-0.1, -0.05) is 29.8 Å². The van der Waals surface area contributed by atoms with Crippen LogP contribution in [0, 0.1) is 6.92 Å². The summed E-state index contributed by atoms with van der Waals surface area (Å²) in [7, 11) is -2.99. The summed E-state index contributed by atoms with van der Waals surface area (Å²) in [6.07, 6.45) is 0.0493. The highest BCUT2D eigenvalue weighted by molar-refractivity contribution is 7.87. The summed E-state index contributed by atoms with van der Waals surface area (Å²) in [5, 5.41) is 2.47. The van der Waals surface area contributed by atoms with E-state index in [9.17, 15) is 22.0 Å². The second-order valence-electron chi connectivity index (χ2n) is 5.99. The Hall–Kier alpha value is -2.47. The number of anilines is 2. The minimum atomic E-state index is -4.40. The van der Waals surface area contributed by atoms with Crippen LogP contribution in [-0.4, -0.2) is 40.7 Å². The Morgan fingerprint density at radius 3 is 2.21 bits per heavy atom. The van der Waals surface area contributed by atoms with Gasteiger partial charge in [0, 0.05) is 30.4 Å². The molecule has 28 heavy (non-hydrogen) atoms. The van der Waals surface area contributed by atoms with Gasteiger partial charge in [-0.15, -0.1) is 0 Å². The Morgan fingerprint density at radius 2 is 1.75 bits per heavy atom. The Labute approximate surface area is 166 Å². The zero-order valence-corrected chi connectivity index (χ0v) is 16.8. The molecule has 1 amide bonds. The van der Waals surface area contributed by atoms with Crippen LogP contribution in [-0.2, 0) is 32.8 Å². The summed E-state index contributed by atoms with van der Waals surface area (Å²) < 4.78 is 57.2. The maximum Gasteiger partial charge on any atom is 0.357 e. The summed E-state index contributed by atoms with van der Waals surface area (Å²) in [6.45, 7) is 1.86. The second-order valence-corrected chi connectivity index (χ2v) is 7.97. The third-order valence-corrected chi connectivity index (χ3v) is 5.19. The van der Waals surface area contributed by atoms with Crippen molar-refractivity contribution in [2.24, 2.45) is 0 Å². The summed E-state index contributed by atoms with van der Waals surface area (Å²) >= 11 is -2.71. The van der Waals surface area contributed by atoms with Crippen molar-refractivity contribution in [2.45, 2.75) is 19.4 Å². The van der Waals surface area contributed by atoms with Crippen LogP contribution in [0.1, 0.15) is 11.1 Å². The Kier molecular flexibility index (Phi) is 7.13. The topological polar surface area (TPSA) is 139 Å². The quantitative estimate of drug-likeness (QED) is 0.428. The van der Waals surface area contributed by atoms with Crippen LogP contribution in [0.5, 0.6) is 0 Å². The molecule has 0 saturated carbocycles. The van der Waals surface area contributed by atoms with Crippen LogP contribution < -0.4 is 14.3 Å². The molecule has 0 saturated heterocycles. The molecule has 0 heterocycles. The second kappa shape index (κ2) is 9.15. The summed E-state index contributed by atoms with van der Waals surface area (Å²) in [5.74, 6) is -0.495. The number of aryl methyl sites for hydroxylation is 1. The van der Waals surface area contributed by atoms with Gasteiger partial charge in [-0.25, -0.2) is 0 Å². The van der Waals surface area contributed by atoms with Crippen molar-refractivity contribution in [3.8, 4) is 0 Å². The van der Waals surface area contributed by atoms with Gasteiger partial charge in [0.25, 0.3) is 0 Å². The number of benzene rings is 2. The first-order valence-corrected chi connectivity index (χ1v) is 10.6. The standard InChI is InChI=1S/C17H21N3O6S2/c1-12-3-9-15(10-4-12)20(27(22)23)16(17(21)18-2)11-13-5-7-14(8-6-13)19-28(24,25)26/h3-10,16,19H,11H2,1-2H3,(H,18,21)(H,22,23)(H,24,25,26)/p-1. The first-order valence-electron chi connectivity index (χ1n) is 8.12. The third-order valence-electron chi connectivity index (χ3n) is 3.91. The van der Waals surface area contributed by atoms with Gasteiger partial charge in [0.15, 0.2) is 0 Å². The molecule has 3 N–H and O–H groups in total. The van der Waals surface area contributed by atoms with Crippen LogP contribution in [0.25, 0.3) is 0 Å². The number of carbonyl (C=O) groups excluding carboxylic acids is 1. The number of hydrogen-bond acceptors (Lipinski definition) is 5. The van der Waals surface area contributed by atoms with E-state index in [2.05, 4.69) is 5.32 Å². The Morgan fingerprint density at radius 1 is 1.18 bits per heavy atom. The molecule has 9 nitrogen and oxygen atoms in total. The normalized spacial score (nSPS) is 13.4. The molecule has 2 aromatic rings. The molecular weight excluding hydrogens is 406 g/mol. The molecule has 0 radical (unpaired) electrons. The number of hydrogen-bond donors (Lipinski definition) is 3. The molecular formula is C17H20N3O6S2-. The van der Waals surface area contributed by atoms with Gasteiger partial charge >= 0.3 is 10.3 Å². The fourth-order valence-electron chi connectivity index (χ4n) is 2.59. The maximum atomic E-state index is 12.4. The van der Waals surface area contributed by atoms with E-state index >= 15 is 0 Å². The predicted molar refractivity (Wildman–Crippen MR) is 106 cm³/mol. The highest BCUT2D eigenvalue weighted by Gasteiger charge is 2.27. The van der Waals surface area contributed by atoms with E-state index in [-0.39, 0.29) is 12.1 Å². The van der Waals surface area contributed by atoms with Crippen molar-refractivity contribution >= 4 is 38.9 Å². The van der Waals surface area contributed by atoms with Crippen LogP contribution in [0.2, 0.25) is 0 Å². The number of amides is 1. The highest BCUT2D eigenvalue weighted by atomic mass is 32.2. The zero-order valence-electron chi connectivity index (χ0n) is 15.2. The van der Waals surface area contributed by atoms with E-state index in [0.717, 1.165) is 9.87 Å². The predicted octanol–water partition coefficient (Wildman–Crippen LogP) is 1.17. The fraction of sp³-hybridized carbons (Fsp3) is 0.235. The smallest absolute Gasteiger partial charge is 0.357 e. The lowest BCUT2D eigenvalue weighted by Crippen LogP contribution is -2.48. The summed E-state index contributed by atoms with van der Waals surface area (Å²) in [5.41, 5.74) is 2.01. The molecule has 0 spiro atoms. The molecule has 2 rings (SSSR count). The van der Waals surface area contributed by atoms with Crippen LogP contribution in [0.4, 0.5) is 11.4 Å². The zero-order chi connectivity index (χ0) is 20.9. The number of nitrogens with zero attached hydrogens (tertiary/aromatic N) is 1. The number of nitrogens with one attached hydrogen (secondary N) is 2. The lowest BCUT2D eigenvalue weighted by atomic mass is 10.0. The van der Waals surface area contributed by atoms with Gasteiger partial charge in [-0.2, -0.15) is 8.42 Å². The lowest BCUT2D eigenvalue weighted by molar-refractivity contribution is -0.121. The van der Waals surface area contributed by atoms with E-state index in [1.165, 1.54) is 31.3 Å². The van der Waals surface area contributed by atoms with Crippen molar-refractivity contribution in [3.05, 3.63) is 59.7 Å². The first-order chi connectivity index (χ1) is 13.1. The Bertz CT molecular complexity index is 946. The summed E-state index contributed by atoms with van der Waals surface area (Å²) in [4.78, 5) is 12.4. The minimum Gasteiger partial charge on any atom is -0.755 e. The van der Waals surface area contributed by atoms with Crippen molar-refractivity contribution in [1.29, 1.82) is 0 Å². The van der Waals surface area contributed by atoms with Gasteiger partial charge in [0.1, 0.15) is 6.04 Å². The molecule has 0 fully saturated rings. The van der Waals surface area contributed by atoms with Gasteiger partial charge in [-0.05, 0) is 36.8 Å². The third kappa shape index (κ3) is 6.02. The average Bonchev–Trinajstić information content (AvgIpc) is 2.62. The van der Waals surface area contributed by atoms with E-state index in [0.29, 0.717) is 11.3 Å². The molecule has 11 heteroatoms. The SMILES string of the molecule is CNC(=O)C(Cc1ccc(NS(=O)(=O)O)cc1)N(c1ccc(C)cc1)S(=O)[O-]. The first kappa shape index (κ1) is 21.8. The van der Waals surface area contributed by atoms with Gasteiger partial charge in [-0.3, -0.25) is 22.6 Å². The number of likely N-dealkylation sites (N-methyl/N-ethyl adjacent to an activating group) is 1. The maximum absolute atomic E-state index is 12.4. The summed E-state index contributed by atoms with van der Waals surface area (Å²) in [6, 6.07) is 11.5. The fourth-order valence-corrected chi connectivity index (χ4v) is 3.70. The monoisotopic (exact) mass is 426 g/mol. The van der Waals surface area contributed by atoms with E-state index in [1.54, 1.807) is 24.3 Å². The van der Waals surface area contributed by atoms with E-state index in [4.69, 9.17) is 4.55 Å². The molecule has 0 aromatic heterocycles. The minimum absolute atomic E-state index is 0.0493. The van der Waals surface area contributed by atoms with Crippen molar-refractivity contribution in [1.82, 2.24) is 5.32 Å². The van der Waals surface area contributed by atoms with Crippen LogP contribution in [0.15, 0.2) is 48.5 Å². The number of carbonyl (C=O) groups is 1. The highest BCUT2D eigenvalue weighted by Crippen LogP contribution is 2.22. The van der Waals surface area contributed by atoms with E-state index in [1.807, 2.05) is 11.6 Å². The molecule has 0 aliphatic heterocycles. The van der Waals surface area contributed by atoms with Crippen molar-refractivity contribution < 1.29 is 26.5 Å². The molecule has 2 atom stereocenters. The molecule has 0 aliphatic carbocycles. The average molecular weight is 426 g/mol.